The molecule has 9 heteroatoms. The minimum atomic E-state index is -0.448. The number of methoxy groups -OCH3 is 1. The molecule has 1 N–H and O–H groups in total. The van der Waals surface area contributed by atoms with Crippen LogP contribution < -0.4 is 10.2 Å². The number of carbonyl (C=O) groups excluding carboxylic acids is 2. The first kappa shape index (κ1) is 19.7. The van der Waals surface area contributed by atoms with E-state index in [9.17, 15) is 9.59 Å². The molecule has 0 unspecified atom stereocenters. The van der Waals surface area contributed by atoms with E-state index >= 15 is 0 Å². The lowest BCUT2D eigenvalue weighted by atomic mass is 9.94. The molecule has 0 saturated carbocycles. The SMILES string of the molecule is COC(=O)c1csc(N2CCc3cccc(C(=O)Nc4nc5ccccc5s4)c3C2)n1. The van der Waals surface area contributed by atoms with Gasteiger partial charge in [0, 0.05) is 24.0 Å². The van der Waals surface area contributed by atoms with Gasteiger partial charge in [-0.2, -0.15) is 0 Å². The molecule has 1 amide bonds. The van der Waals surface area contributed by atoms with Crippen LogP contribution in [0.15, 0.2) is 47.8 Å². The van der Waals surface area contributed by atoms with E-state index in [1.807, 2.05) is 36.4 Å². The third-order valence-corrected chi connectivity index (χ3v) is 7.04. The Balaban J connectivity index is 1.40. The molecule has 0 saturated heterocycles. The van der Waals surface area contributed by atoms with Gasteiger partial charge in [-0.3, -0.25) is 10.1 Å². The van der Waals surface area contributed by atoms with Crippen LogP contribution in [0.3, 0.4) is 0 Å². The Kier molecular flexibility index (Phi) is 5.13. The van der Waals surface area contributed by atoms with Crippen LogP contribution in [0.1, 0.15) is 32.0 Å². The number of hydrogen-bond acceptors (Lipinski definition) is 8. The number of para-hydroxylation sites is 1. The zero-order chi connectivity index (χ0) is 21.4. The van der Waals surface area contributed by atoms with E-state index in [1.54, 1.807) is 5.38 Å². The highest BCUT2D eigenvalue weighted by atomic mass is 32.1. The van der Waals surface area contributed by atoms with E-state index in [4.69, 9.17) is 4.74 Å². The Morgan fingerprint density at radius 1 is 1.13 bits per heavy atom. The summed E-state index contributed by atoms with van der Waals surface area (Å²) in [4.78, 5) is 35.8. The minimum absolute atomic E-state index is 0.174. The molecule has 1 aliphatic heterocycles. The van der Waals surface area contributed by atoms with Gasteiger partial charge in [0.05, 0.1) is 17.3 Å². The molecule has 156 valence electrons. The summed E-state index contributed by atoms with van der Waals surface area (Å²) in [5.41, 5.74) is 3.93. The van der Waals surface area contributed by atoms with Crippen molar-refractivity contribution in [3.05, 3.63) is 70.2 Å². The van der Waals surface area contributed by atoms with Gasteiger partial charge in [-0.25, -0.2) is 14.8 Å². The highest BCUT2D eigenvalue weighted by Crippen LogP contribution is 2.30. The third kappa shape index (κ3) is 3.77. The summed E-state index contributed by atoms with van der Waals surface area (Å²) in [5.74, 6) is -0.622. The van der Waals surface area contributed by atoms with Crippen LogP contribution in [0.2, 0.25) is 0 Å². The number of ether oxygens (including phenoxy) is 1. The van der Waals surface area contributed by atoms with Crippen molar-refractivity contribution >= 4 is 55.0 Å². The van der Waals surface area contributed by atoms with Crippen molar-refractivity contribution in [3.8, 4) is 0 Å². The lowest BCUT2D eigenvalue weighted by Gasteiger charge is -2.29. The number of esters is 1. The lowest BCUT2D eigenvalue weighted by molar-refractivity contribution is 0.0595. The van der Waals surface area contributed by atoms with Gasteiger partial charge >= 0.3 is 5.97 Å². The van der Waals surface area contributed by atoms with Gasteiger partial charge in [0.1, 0.15) is 0 Å². The summed E-state index contributed by atoms with van der Waals surface area (Å²) >= 11 is 2.86. The fraction of sp³-hybridized carbons (Fsp3) is 0.182. The second-order valence-corrected chi connectivity index (χ2v) is 8.93. The monoisotopic (exact) mass is 450 g/mol. The first-order chi connectivity index (χ1) is 15.1. The molecule has 31 heavy (non-hydrogen) atoms. The number of nitrogens with one attached hydrogen (secondary N) is 1. The maximum absolute atomic E-state index is 13.1. The molecule has 0 bridgehead atoms. The molecule has 7 nitrogen and oxygen atoms in total. The first-order valence-corrected chi connectivity index (χ1v) is 11.4. The molecule has 0 radical (unpaired) electrons. The van der Waals surface area contributed by atoms with E-state index in [0.29, 0.717) is 22.9 Å². The standard InChI is InChI=1S/C22H18N4O3S2/c1-29-20(28)17-12-30-22(24-17)26-10-9-13-5-4-6-14(15(13)11-26)19(27)25-21-23-16-7-2-3-8-18(16)31-21/h2-8,12H,9-11H2,1H3,(H,23,25,27). The Morgan fingerprint density at radius 3 is 2.84 bits per heavy atom. The summed E-state index contributed by atoms with van der Waals surface area (Å²) in [6.07, 6.45) is 0.796. The Labute approximate surface area is 186 Å². The number of carbonyl (C=O) groups is 2. The van der Waals surface area contributed by atoms with Crippen LogP contribution in [0.25, 0.3) is 10.2 Å². The van der Waals surface area contributed by atoms with Crippen LogP contribution in [-0.2, 0) is 17.7 Å². The van der Waals surface area contributed by atoms with Crippen molar-refractivity contribution in [3.63, 3.8) is 0 Å². The molecule has 0 spiro atoms. The van der Waals surface area contributed by atoms with Crippen molar-refractivity contribution in [2.75, 3.05) is 23.9 Å². The average molecular weight is 451 g/mol. The van der Waals surface area contributed by atoms with E-state index in [2.05, 4.69) is 26.3 Å². The smallest absolute Gasteiger partial charge is 0.357 e. The maximum Gasteiger partial charge on any atom is 0.357 e. The van der Waals surface area contributed by atoms with Gasteiger partial charge < -0.3 is 9.64 Å². The Bertz CT molecular complexity index is 1260. The lowest BCUT2D eigenvalue weighted by Crippen LogP contribution is -2.32. The van der Waals surface area contributed by atoms with Gasteiger partial charge in [0.25, 0.3) is 5.91 Å². The molecule has 2 aromatic carbocycles. The number of benzene rings is 2. The molecule has 0 aliphatic carbocycles. The molecule has 3 heterocycles. The third-order valence-electron chi connectivity index (χ3n) is 5.19. The summed E-state index contributed by atoms with van der Waals surface area (Å²) in [7, 11) is 1.34. The quantitative estimate of drug-likeness (QED) is 0.465. The van der Waals surface area contributed by atoms with E-state index in [0.717, 1.165) is 39.4 Å². The minimum Gasteiger partial charge on any atom is -0.464 e. The van der Waals surface area contributed by atoms with Crippen LogP contribution >= 0.6 is 22.7 Å². The van der Waals surface area contributed by atoms with E-state index in [1.165, 1.54) is 29.8 Å². The summed E-state index contributed by atoms with van der Waals surface area (Å²) in [6.45, 7) is 1.32. The Hall–Kier alpha value is -3.30. The summed E-state index contributed by atoms with van der Waals surface area (Å²) in [5, 5.41) is 5.98. The van der Waals surface area contributed by atoms with Gasteiger partial charge in [-0.15, -0.1) is 11.3 Å². The van der Waals surface area contributed by atoms with Gasteiger partial charge in [-0.05, 0) is 35.7 Å². The fourth-order valence-electron chi connectivity index (χ4n) is 3.65. The van der Waals surface area contributed by atoms with Crippen LogP contribution in [0, 0.1) is 0 Å². The van der Waals surface area contributed by atoms with Crippen molar-refractivity contribution in [1.29, 1.82) is 0 Å². The van der Waals surface area contributed by atoms with Gasteiger partial charge in [0.2, 0.25) is 0 Å². The number of fused-ring (bicyclic) bond motifs is 2. The molecular weight excluding hydrogens is 432 g/mol. The number of amides is 1. The zero-order valence-electron chi connectivity index (χ0n) is 16.6. The molecule has 0 atom stereocenters. The highest BCUT2D eigenvalue weighted by molar-refractivity contribution is 7.22. The van der Waals surface area contributed by atoms with Gasteiger partial charge in [-0.1, -0.05) is 35.6 Å². The number of rotatable bonds is 4. The van der Waals surface area contributed by atoms with E-state index in [-0.39, 0.29) is 5.91 Å². The topological polar surface area (TPSA) is 84.4 Å². The van der Waals surface area contributed by atoms with E-state index < -0.39 is 5.97 Å². The van der Waals surface area contributed by atoms with Crippen LogP contribution in [-0.4, -0.2) is 35.5 Å². The average Bonchev–Trinajstić information content (AvgIpc) is 3.44. The predicted molar refractivity (Wildman–Crippen MR) is 122 cm³/mol. The number of aromatic nitrogens is 2. The first-order valence-electron chi connectivity index (χ1n) is 9.69. The summed E-state index contributed by atoms with van der Waals surface area (Å²) < 4.78 is 5.78. The number of nitrogens with zero attached hydrogens (tertiary/aromatic N) is 3. The normalized spacial score (nSPS) is 13.1. The molecule has 1 aliphatic rings. The molecule has 2 aromatic heterocycles. The number of anilines is 2. The van der Waals surface area contributed by atoms with Gasteiger partial charge in [0.15, 0.2) is 16.0 Å². The largest absolute Gasteiger partial charge is 0.464 e. The predicted octanol–water partition coefficient (Wildman–Crippen LogP) is 4.35. The van der Waals surface area contributed by atoms with Crippen molar-refractivity contribution in [2.45, 2.75) is 13.0 Å². The summed E-state index contributed by atoms with van der Waals surface area (Å²) in [6, 6.07) is 13.6. The van der Waals surface area contributed by atoms with Crippen molar-refractivity contribution in [2.24, 2.45) is 0 Å². The molecular formula is C22H18N4O3S2. The molecule has 5 rings (SSSR count). The Morgan fingerprint density at radius 2 is 2.00 bits per heavy atom. The second-order valence-electron chi connectivity index (χ2n) is 7.06. The maximum atomic E-state index is 13.1. The van der Waals surface area contributed by atoms with Crippen LogP contribution in [0.4, 0.5) is 10.3 Å². The molecule has 4 aromatic rings. The molecule has 0 fully saturated rings. The van der Waals surface area contributed by atoms with Crippen molar-refractivity contribution in [1.82, 2.24) is 9.97 Å². The number of thiazole rings is 2. The van der Waals surface area contributed by atoms with Crippen molar-refractivity contribution < 1.29 is 14.3 Å². The second kappa shape index (κ2) is 8.09. The fourth-order valence-corrected chi connectivity index (χ4v) is 5.34. The highest BCUT2D eigenvalue weighted by Gasteiger charge is 2.25. The zero-order valence-corrected chi connectivity index (χ0v) is 18.3. The number of hydrogen-bond donors (Lipinski definition) is 1. The van der Waals surface area contributed by atoms with Crippen LogP contribution in [0.5, 0.6) is 0 Å².